The van der Waals surface area contributed by atoms with E-state index in [4.69, 9.17) is 4.74 Å². The highest BCUT2D eigenvalue weighted by Gasteiger charge is 2.06. The Hall–Kier alpha value is -0.540. The number of ether oxygens (including phenoxy) is 1. The first-order chi connectivity index (χ1) is 6.25. The second-order valence-electron chi connectivity index (χ2n) is 2.75. The van der Waals surface area contributed by atoms with Crippen LogP contribution in [0.4, 0.5) is 0 Å². The van der Waals surface area contributed by atoms with Crippen LogP contribution in [0.5, 0.6) is 5.75 Å². The summed E-state index contributed by atoms with van der Waals surface area (Å²) in [6.45, 7) is 2.35. The fourth-order valence-corrected chi connectivity index (χ4v) is 1.27. The molecule has 0 fully saturated rings. The Bertz CT molecular complexity index is 261. The summed E-state index contributed by atoms with van der Waals surface area (Å²) in [5.74, 6) is 0.761. The number of alkyl halides is 1. The minimum atomic E-state index is -0.480. The Morgan fingerprint density at radius 1 is 1.46 bits per heavy atom. The van der Waals surface area contributed by atoms with Gasteiger partial charge >= 0.3 is 0 Å². The standard InChI is InChI=1S/C10H13BrO2/c1-8(12)9-4-2-3-5-10(9)13-7-6-11/h2-5,8,12H,6-7H2,1H3. The van der Waals surface area contributed by atoms with Gasteiger partial charge in [-0.25, -0.2) is 0 Å². The van der Waals surface area contributed by atoms with Crippen molar-refractivity contribution in [3.63, 3.8) is 0 Å². The molecule has 0 heterocycles. The van der Waals surface area contributed by atoms with Crippen LogP contribution in [-0.4, -0.2) is 17.0 Å². The van der Waals surface area contributed by atoms with Crippen LogP contribution in [0.25, 0.3) is 0 Å². The molecule has 0 bridgehead atoms. The molecule has 72 valence electrons. The normalized spacial score (nSPS) is 12.5. The fourth-order valence-electron chi connectivity index (χ4n) is 1.11. The van der Waals surface area contributed by atoms with E-state index in [1.54, 1.807) is 6.92 Å². The lowest BCUT2D eigenvalue weighted by atomic mass is 10.1. The molecule has 1 atom stereocenters. The summed E-state index contributed by atoms with van der Waals surface area (Å²) in [7, 11) is 0. The lowest BCUT2D eigenvalue weighted by molar-refractivity contribution is 0.192. The van der Waals surface area contributed by atoms with Crippen molar-refractivity contribution in [1.29, 1.82) is 0 Å². The van der Waals surface area contributed by atoms with E-state index in [0.717, 1.165) is 16.6 Å². The number of hydrogen-bond acceptors (Lipinski definition) is 2. The summed E-state index contributed by atoms with van der Waals surface area (Å²) in [6, 6.07) is 7.53. The monoisotopic (exact) mass is 244 g/mol. The molecule has 1 rings (SSSR count). The topological polar surface area (TPSA) is 29.5 Å². The number of rotatable bonds is 4. The Balaban J connectivity index is 2.78. The molecule has 2 nitrogen and oxygen atoms in total. The lowest BCUT2D eigenvalue weighted by Crippen LogP contribution is -2.02. The van der Waals surface area contributed by atoms with Crippen molar-refractivity contribution in [2.75, 3.05) is 11.9 Å². The third-order valence-electron chi connectivity index (χ3n) is 1.70. The van der Waals surface area contributed by atoms with Gasteiger partial charge in [0.2, 0.25) is 0 Å². The molecule has 0 aliphatic rings. The predicted octanol–water partition coefficient (Wildman–Crippen LogP) is 2.51. The molecule has 0 radical (unpaired) electrons. The Labute approximate surface area is 86.7 Å². The maximum atomic E-state index is 9.41. The van der Waals surface area contributed by atoms with Gasteiger partial charge in [-0.15, -0.1) is 0 Å². The van der Waals surface area contributed by atoms with E-state index in [1.807, 2.05) is 24.3 Å². The number of aliphatic hydroxyl groups is 1. The zero-order valence-electron chi connectivity index (χ0n) is 7.53. The van der Waals surface area contributed by atoms with Gasteiger partial charge in [-0.3, -0.25) is 0 Å². The molecular formula is C10H13BrO2. The molecular weight excluding hydrogens is 232 g/mol. The molecule has 0 aromatic heterocycles. The molecule has 3 heteroatoms. The number of benzene rings is 1. The summed E-state index contributed by atoms with van der Waals surface area (Å²) < 4.78 is 5.44. The highest BCUT2D eigenvalue weighted by atomic mass is 79.9. The second-order valence-corrected chi connectivity index (χ2v) is 3.54. The Kier molecular flexibility index (Phi) is 4.25. The van der Waals surface area contributed by atoms with E-state index in [2.05, 4.69) is 15.9 Å². The summed E-state index contributed by atoms with van der Waals surface area (Å²) in [4.78, 5) is 0. The van der Waals surface area contributed by atoms with E-state index < -0.39 is 6.10 Å². The maximum Gasteiger partial charge on any atom is 0.125 e. The molecule has 1 unspecified atom stereocenters. The van der Waals surface area contributed by atoms with Gasteiger partial charge in [0.25, 0.3) is 0 Å². The molecule has 13 heavy (non-hydrogen) atoms. The van der Waals surface area contributed by atoms with Gasteiger partial charge in [0.05, 0.1) is 12.7 Å². The van der Waals surface area contributed by atoms with Crippen molar-refractivity contribution in [2.45, 2.75) is 13.0 Å². The number of halogens is 1. The van der Waals surface area contributed by atoms with Gasteiger partial charge in [-0.05, 0) is 13.0 Å². The van der Waals surface area contributed by atoms with Crippen LogP contribution in [0.3, 0.4) is 0 Å². The van der Waals surface area contributed by atoms with Gasteiger partial charge in [0.15, 0.2) is 0 Å². The van der Waals surface area contributed by atoms with Gasteiger partial charge in [0.1, 0.15) is 5.75 Å². The average molecular weight is 245 g/mol. The van der Waals surface area contributed by atoms with Crippen molar-refractivity contribution < 1.29 is 9.84 Å². The summed E-state index contributed by atoms with van der Waals surface area (Å²) >= 11 is 3.28. The largest absolute Gasteiger partial charge is 0.492 e. The van der Waals surface area contributed by atoms with Crippen molar-refractivity contribution in [3.05, 3.63) is 29.8 Å². The van der Waals surface area contributed by atoms with Gasteiger partial charge in [-0.2, -0.15) is 0 Å². The van der Waals surface area contributed by atoms with E-state index in [0.29, 0.717) is 6.61 Å². The van der Waals surface area contributed by atoms with Crippen molar-refractivity contribution in [3.8, 4) is 5.75 Å². The summed E-state index contributed by atoms with van der Waals surface area (Å²) in [6.07, 6.45) is -0.480. The van der Waals surface area contributed by atoms with Crippen LogP contribution < -0.4 is 4.74 Å². The van der Waals surface area contributed by atoms with Crippen molar-refractivity contribution in [1.82, 2.24) is 0 Å². The first-order valence-electron chi connectivity index (χ1n) is 4.21. The van der Waals surface area contributed by atoms with Crippen LogP contribution in [-0.2, 0) is 0 Å². The van der Waals surface area contributed by atoms with E-state index in [9.17, 15) is 5.11 Å². The molecule has 0 amide bonds. The summed E-state index contributed by atoms with van der Waals surface area (Å²) in [5, 5.41) is 10.2. The smallest absolute Gasteiger partial charge is 0.125 e. The minimum absolute atomic E-state index is 0.480. The minimum Gasteiger partial charge on any atom is -0.492 e. The van der Waals surface area contributed by atoms with Crippen LogP contribution >= 0.6 is 15.9 Å². The first kappa shape index (κ1) is 10.5. The van der Waals surface area contributed by atoms with Crippen LogP contribution in [0.1, 0.15) is 18.6 Å². The van der Waals surface area contributed by atoms with Gasteiger partial charge in [0, 0.05) is 10.9 Å². The van der Waals surface area contributed by atoms with Crippen LogP contribution in [0.2, 0.25) is 0 Å². The molecule has 0 saturated heterocycles. The fraction of sp³-hybridized carbons (Fsp3) is 0.400. The zero-order valence-corrected chi connectivity index (χ0v) is 9.12. The molecule has 0 aliphatic heterocycles. The summed E-state index contributed by atoms with van der Waals surface area (Å²) in [5.41, 5.74) is 0.837. The first-order valence-corrected chi connectivity index (χ1v) is 5.33. The van der Waals surface area contributed by atoms with Gasteiger partial charge in [-0.1, -0.05) is 34.1 Å². The predicted molar refractivity (Wildman–Crippen MR) is 56.4 cm³/mol. The molecule has 1 N–H and O–H groups in total. The van der Waals surface area contributed by atoms with E-state index in [-0.39, 0.29) is 0 Å². The second kappa shape index (κ2) is 5.25. The molecule has 0 saturated carbocycles. The van der Waals surface area contributed by atoms with Crippen molar-refractivity contribution in [2.24, 2.45) is 0 Å². The lowest BCUT2D eigenvalue weighted by Gasteiger charge is -2.11. The SMILES string of the molecule is CC(O)c1ccccc1OCCBr. The highest BCUT2D eigenvalue weighted by molar-refractivity contribution is 9.09. The Morgan fingerprint density at radius 3 is 2.77 bits per heavy atom. The van der Waals surface area contributed by atoms with Crippen LogP contribution in [0.15, 0.2) is 24.3 Å². The van der Waals surface area contributed by atoms with Crippen molar-refractivity contribution >= 4 is 15.9 Å². The Morgan fingerprint density at radius 2 is 2.15 bits per heavy atom. The number of aliphatic hydroxyl groups excluding tert-OH is 1. The highest BCUT2D eigenvalue weighted by Crippen LogP contribution is 2.24. The quantitative estimate of drug-likeness (QED) is 0.826. The average Bonchev–Trinajstić information content (AvgIpc) is 2.15. The molecule has 1 aromatic carbocycles. The molecule has 1 aromatic rings. The third-order valence-corrected chi connectivity index (χ3v) is 2.03. The van der Waals surface area contributed by atoms with Crippen LogP contribution in [0, 0.1) is 0 Å². The molecule has 0 aliphatic carbocycles. The van der Waals surface area contributed by atoms with Gasteiger partial charge < -0.3 is 9.84 Å². The number of hydrogen-bond donors (Lipinski definition) is 1. The third kappa shape index (κ3) is 3.01. The zero-order chi connectivity index (χ0) is 9.68. The number of para-hydroxylation sites is 1. The van der Waals surface area contributed by atoms with E-state index >= 15 is 0 Å². The van der Waals surface area contributed by atoms with E-state index in [1.165, 1.54) is 0 Å². The maximum absolute atomic E-state index is 9.41. The molecule has 0 spiro atoms.